The largest absolute Gasteiger partial charge is 0.356 e. The van der Waals surface area contributed by atoms with Gasteiger partial charge in [0.15, 0.2) is 0 Å². The number of aromatic amines is 1. The van der Waals surface area contributed by atoms with Gasteiger partial charge in [-0.15, -0.1) is 12.6 Å². The molecule has 0 radical (unpaired) electrons. The molecule has 0 unspecified atom stereocenters. The van der Waals surface area contributed by atoms with Crippen molar-refractivity contribution in [2.24, 2.45) is 5.92 Å². The van der Waals surface area contributed by atoms with Gasteiger partial charge in [0.25, 0.3) is 5.91 Å². The van der Waals surface area contributed by atoms with Crippen LogP contribution in [0.1, 0.15) is 28.9 Å². The van der Waals surface area contributed by atoms with Crippen LogP contribution >= 0.6 is 12.6 Å². The van der Waals surface area contributed by atoms with Crippen LogP contribution in [0.25, 0.3) is 10.9 Å². The average Bonchev–Trinajstić information content (AvgIpc) is 3.44. The molecule has 1 aromatic heterocycles. The minimum atomic E-state index is -1.11. The number of hydrogen-bond donors (Lipinski definition) is 5. The van der Waals surface area contributed by atoms with Crippen LogP contribution in [-0.2, 0) is 20.8 Å². The van der Waals surface area contributed by atoms with Gasteiger partial charge in [0, 0.05) is 29.8 Å². The molecule has 3 aromatic rings. The molecule has 0 spiro atoms. The highest BCUT2D eigenvalue weighted by Crippen LogP contribution is 2.18. The number of thiol groups is 1. The Kier molecular flexibility index (Phi) is 7.50. The summed E-state index contributed by atoms with van der Waals surface area (Å²) in [5, 5.41) is 8.25. The molecule has 0 saturated carbocycles. The van der Waals surface area contributed by atoms with Crippen molar-refractivity contribution in [1.29, 1.82) is 0 Å². The van der Waals surface area contributed by atoms with Crippen LogP contribution in [-0.4, -0.2) is 46.4 Å². The molecular weight excluding hydrogens is 471 g/mol. The Bertz CT molecular complexity index is 1240. The topological polar surface area (TPSA) is 120 Å². The highest BCUT2D eigenvalue weighted by molar-refractivity contribution is 7.96. The summed E-state index contributed by atoms with van der Waals surface area (Å²) in [6.45, 7) is 0.508. The Morgan fingerprint density at radius 3 is 2.54 bits per heavy atom. The number of carbonyl (C=O) groups excluding carboxylic acids is 4. The smallest absolute Gasteiger partial charge is 0.268 e. The van der Waals surface area contributed by atoms with Crippen LogP contribution in [0.15, 0.2) is 54.6 Å². The molecule has 35 heavy (non-hydrogen) atoms. The summed E-state index contributed by atoms with van der Waals surface area (Å²) >= 11 is 3.88. The van der Waals surface area contributed by atoms with Crippen LogP contribution in [0, 0.1) is 11.7 Å². The van der Waals surface area contributed by atoms with E-state index in [0.29, 0.717) is 18.5 Å². The highest BCUT2D eigenvalue weighted by atomic mass is 32.1. The molecular formula is C25H25FN4O4S. The number of amides is 3. The Labute approximate surface area is 206 Å². The minimum absolute atomic E-state index is 0.00699. The molecule has 1 aliphatic heterocycles. The van der Waals surface area contributed by atoms with Crippen LogP contribution in [0.5, 0.6) is 0 Å². The second kappa shape index (κ2) is 10.7. The maximum absolute atomic E-state index is 13.8. The van der Waals surface area contributed by atoms with Crippen molar-refractivity contribution in [2.45, 2.75) is 31.3 Å². The van der Waals surface area contributed by atoms with Crippen molar-refractivity contribution in [3.63, 3.8) is 0 Å². The van der Waals surface area contributed by atoms with Gasteiger partial charge in [0.2, 0.25) is 16.9 Å². The lowest BCUT2D eigenvalue weighted by atomic mass is 9.98. The van der Waals surface area contributed by atoms with Gasteiger partial charge in [-0.1, -0.05) is 30.3 Å². The lowest BCUT2D eigenvalue weighted by Gasteiger charge is -2.23. The fraction of sp³-hybridized carbons (Fsp3) is 0.280. The summed E-state index contributed by atoms with van der Waals surface area (Å²) in [6, 6.07) is 12.6. The predicted octanol–water partition coefficient (Wildman–Crippen LogP) is 2.12. The van der Waals surface area contributed by atoms with E-state index in [0.717, 1.165) is 10.9 Å². The average molecular weight is 497 g/mol. The Balaban J connectivity index is 1.53. The maximum atomic E-state index is 13.8. The number of nitrogens with one attached hydrogen (secondary N) is 4. The summed E-state index contributed by atoms with van der Waals surface area (Å²) in [4.78, 5) is 53.3. The van der Waals surface area contributed by atoms with Crippen molar-refractivity contribution in [1.82, 2.24) is 20.9 Å². The SMILES string of the molecule is O=C(N[C@@H](Cc1cccc(F)c1)C(=O)N[C@@H](C[C@@H]1CCNC1=O)C(=O)S)c1cc2ccccc2[nH]1. The first-order chi connectivity index (χ1) is 16.8. The van der Waals surface area contributed by atoms with E-state index in [-0.39, 0.29) is 24.4 Å². The fourth-order valence-electron chi connectivity index (χ4n) is 4.19. The van der Waals surface area contributed by atoms with Gasteiger partial charge in [0.05, 0.1) is 6.04 Å². The maximum Gasteiger partial charge on any atom is 0.268 e. The standard InChI is InChI=1S/C25H25FN4O4S/c26-17-6-3-4-14(10-17)11-19(29-24(33)20-12-15-5-1-2-7-18(15)28-20)23(32)30-21(25(34)35)13-16-8-9-27-22(16)31/h1-7,10,12,16,19,21,28H,8-9,11,13H2,(H,27,31)(H,29,33)(H,30,32)(H,34,35)/t16-,19-,21-/m0/s1. The molecule has 1 fully saturated rings. The van der Waals surface area contributed by atoms with Crippen LogP contribution in [0.2, 0.25) is 0 Å². The second-order valence-electron chi connectivity index (χ2n) is 8.54. The van der Waals surface area contributed by atoms with Gasteiger partial charge in [-0.05, 0) is 42.7 Å². The molecule has 10 heteroatoms. The molecule has 3 atom stereocenters. The lowest BCUT2D eigenvalue weighted by Crippen LogP contribution is -2.52. The van der Waals surface area contributed by atoms with Crippen molar-refractivity contribution in [2.75, 3.05) is 6.54 Å². The molecule has 3 amide bonds. The van der Waals surface area contributed by atoms with E-state index in [1.165, 1.54) is 18.2 Å². The quantitative estimate of drug-likeness (QED) is 0.292. The van der Waals surface area contributed by atoms with E-state index in [2.05, 4.69) is 33.6 Å². The zero-order valence-corrected chi connectivity index (χ0v) is 19.6. The number of fused-ring (bicyclic) bond motifs is 1. The van der Waals surface area contributed by atoms with Gasteiger partial charge in [-0.2, -0.15) is 0 Å². The molecule has 182 valence electrons. The summed E-state index contributed by atoms with van der Waals surface area (Å²) < 4.78 is 13.8. The Morgan fingerprint density at radius 2 is 1.86 bits per heavy atom. The third kappa shape index (κ3) is 6.07. The highest BCUT2D eigenvalue weighted by Gasteiger charge is 2.32. The first kappa shape index (κ1) is 24.5. The molecule has 0 bridgehead atoms. The van der Waals surface area contributed by atoms with E-state index in [4.69, 9.17) is 0 Å². The number of aromatic nitrogens is 1. The number of rotatable bonds is 9. The number of halogens is 1. The molecule has 2 aromatic carbocycles. The van der Waals surface area contributed by atoms with E-state index in [1.807, 2.05) is 24.3 Å². The normalized spacial score (nSPS) is 17.0. The summed E-state index contributed by atoms with van der Waals surface area (Å²) in [5.74, 6) is -2.23. The molecule has 0 aliphatic carbocycles. The predicted molar refractivity (Wildman–Crippen MR) is 131 cm³/mol. The Morgan fingerprint density at radius 1 is 1.06 bits per heavy atom. The number of carbonyl (C=O) groups is 4. The number of hydrogen-bond acceptors (Lipinski definition) is 4. The molecule has 1 saturated heterocycles. The van der Waals surface area contributed by atoms with Gasteiger partial charge < -0.3 is 20.9 Å². The molecule has 2 heterocycles. The third-order valence-electron chi connectivity index (χ3n) is 6.02. The van der Waals surface area contributed by atoms with Crippen molar-refractivity contribution >= 4 is 46.4 Å². The van der Waals surface area contributed by atoms with Crippen LogP contribution < -0.4 is 16.0 Å². The van der Waals surface area contributed by atoms with Crippen LogP contribution in [0.4, 0.5) is 4.39 Å². The molecule has 4 N–H and O–H groups in total. The van der Waals surface area contributed by atoms with Crippen LogP contribution in [0.3, 0.4) is 0 Å². The van der Waals surface area contributed by atoms with Crippen molar-refractivity contribution in [3.05, 3.63) is 71.7 Å². The second-order valence-corrected chi connectivity index (χ2v) is 8.98. The zero-order chi connectivity index (χ0) is 24.9. The first-order valence-corrected chi connectivity index (χ1v) is 11.7. The van der Waals surface area contributed by atoms with E-state index in [9.17, 15) is 23.6 Å². The molecule has 4 rings (SSSR count). The van der Waals surface area contributed by atoms with Gasteiger partial charge in [-0.25, -0.2) is 4.39 Å². The number of benzene rings is 2. The van der Waals surface area contributed by atoms with E-state index < -0.39 is 40.7 Å². The van der Waals surface area contributed by atoms with Gasteiger partial charge in [0.1, 0.15) is 17.6 Å². The lowest BCUT2D eigenvalue weighted by molar-refractivity contribution is -0.127. The van der Waals surface area contributed by atoms with Crippen molar-refractivity contribution < 1.29 is 23.6 Å². The summed E-state index contributed by atoms with van der Waals surface area (Å²) in [7, 11) is 0. The summed E-state index contributed by atoms with van der Waals surface area (Å²) in [6.07, 6.45) is 0.644. The molecule has 8 nitrogen and oxygen atoms in total. The van der Waals surface area contributed by atoms with E-state index >= 15 is 0 Å². The number of para-hydroxylation sites is 1. The summed E-state index contributed by atoms with van der Waals surface area (Å²) in [5.41, 5.74) is 1.51. The van der Waals surface area contributed by atoms with Crippen molar-refractivity contribution in [3.8, 4) is 0 Å². The zero-order valence-electron chi connectivity index (χ0n) is 18.7. The van der Waals surface area contributed by atoms with Gasteiger partial charge in [-0.3, -0.25) is 19.2 Å². The van der Waals surface area contributed by atoms with Gasteiger partial charge >= 0.3 is 0 Å². The minimum Gasteiger partial charge on any atom is -0.356 e. The number of H-pyrrole nitrogens is 1. The fourth-order valence-corrected chi connectivity index (χ4v) is 4.36. The first-order valence-electron chi connectivity index (χ1n) is 11.2. The van der Waals surface area contributed by atoms with E-state index in [1.54, 1.807) is 12.1 Å². The monoisotopic (exact) mass is 496 g/mol. The Hall–Kier alpha value is -3.66. The third-order valence-corrected chi connectivity index (χ3v) is 6.33. The molecule has 1 aliphatic rings.